The average Bonchev–Trinajstić information content (AvgIpc) is 3.72. The van der Waals surface area contributed by atoms with E-state index in [0.717, 1.165) is 62.3 Å². The summed E-state index contributed by atoms with van der Waals surface area (Å²) < 4.78 is 5.13. The molecule has 0 amide bonds. The number of methoxy groups -OCH3 is 1. The highest BCUT2D eigenvalue weighted by atomic mass is 16.5. The van der Waals surface area contributed by atoms with Crippen LogP contribution >= 0.6 is 0 Å². The van der Waals surface area contributed by atoms with Crippen LogP contribution < -0.4 is 0 Å². The van der Waals surface area contributed by atoms with E-state index in [0.29, 0.717) is 34.3 Å². The molecule has 9 nitrogen and oxygen atoms in total. The van der Waals surface area contributed by atoms with E-state index >= 15 is 0 Å². The Hall–Kier alpha value is -4.79. The quantitative estimate of drug-likeness (QED) is 0.205. The Kier molecular flexibility index (Phi) is 7.14. The number of aromatic nitrogens is 4. The van der Waals surface area contributed by atoms with E-state index in [9.17, 15) is 19.5 Å². The Morgan fingerprint density at radius 3 is 2.41 bits per heavy atom. The first-order valence-corrected chi connectivity index (χ1v) is 14.9. The zero-order valence-corrected chi connectivity index (χ0v) is 25.8. The number of fused-ring (bicyclic) bond motifs is 8. The molecule has 0 aromatic carbocycles. The molecule has 0 saturated carbocycles. The molecule has 8 bridgehead atoms. The van der Waals surface area contributed by atoms with Gasteiger partial charge in [0.1, 0.15) is 5.92 Å². The summed E-state index contributed by atoms with van der Waals surface area (Å²) in [7, 11) is 1.27. The summed E-state index contributed by atoms with van der Waals surface area (Å²) in [6, 6.07) is 5.99. The molecule has 1 aliphatic carbocycles. The van der Waals surface area contributed by atoms with E-state index in [1.54, 1.807) is 0 Å². The number of carbonyl (C=O) groups excluding carboxylic acids is 2. The van der Waals surface area contributed by atoms with Crippen molar-refractivity contribution in [1.82, 2.24) is 19.9 Å². The summed E-state index contributed by atoms with van der Waals surface area (Å²) in [6.07, 6.45) is 2.82. The Labute approximate surface area is 255 Å². The molecule has 3 aromatic heterocycles. The molecule has 5 heterocycles. The van der Waals surface area contributed by atoms with Crippen LogP contribution in [-0.4, -0.2) is 49.9 Å². The number of carboxylic acids is 1. The van der Waals surface area contributed by atoms with Gasteiger partial charge >= 0.3 is 11.9 Å². The predicted octanol–water partition coefficient (Wildman–Crippen LogP) is 7.12. The molecule has 9 heteroatoms. The highest BCUT2D eigenvalue weighted by Crippen LogP contribution is 2.48. The number of nitrogens with one attached hydrogen (secondary N) is 2. The zero-order chi connectivity index (χ0) is 31.6. The Morgan fingerprint density at radius 1 is 1.05 bits per heavy atom. The SMILES string of the molecule is C=Cc1c(C)c2cc3nc(c4c5[nH]c(cc6nc(cc1[nH]2)C(C)=C6CC)c(C)c5C(=O)[C@@H]4C(=O)OC)C(CCC(=O)O)[C@@H]3C. The number of ether oxygens (including phenoxy) is 1. The normalized spacial score (nSPS) is 19.0. The summed E-state index contributed by atoms with van der Waals surface area (Å²) in [5.74, 6) is -3.64. The van der Waals surface area contributed by atoms with Crippen LogP contribution in [0, 0.1) is 13.8 Å². The lowest BCUT2D eigenvalue weighted by Gasteiger charge is -2.18. The first-order valence-electron chi connectivity index (χ1n) is 14.9. The van der Waals surface area contributed by atoms with Gasteiger partial charge in [-0.05, 0) is 74.1 Å². The molecule has 0 saturated heterocycles. The molecule has 3 atom stereocenters. The van der Waals surface area contributed by atoms with E-state index in [1.807, 2.05) is 45.0 Å². The summed E-state index contributed by atoms with van der Waals surface area (Å²) in [5, 5.41) is 9.60. The fourth-order valence-electron chi connectivity index (χ4n) is 7.09. The smallest absolute Gasteiger partial charge is 0.321 e. The van der Waals surface area contributed by atoms with Gasteiger partial charge in [-0.3, -0.25) is 19.4 Å². The van der Waals surface area contributed by atoms with Crippen molar-refractivity contribution in [3.63, 3.8) is 0 Å². The molecule has 226 valence electrons. The summed E-state index contributed by atoms with van der Waals surface area (Å²) in [6.45, 7) is 14.1. The van der Waals surface area contributed by atoms with Crippen LogP contribution in [0.1, 0.15) is 113 Å². The third-order valence-electron chi connectivity index (χ3n) is 9.57. The average molecular weight is 593 g/mol. The summed E-state index contributed by atoms with van der Waals surface area (Å²) in [4.78, 5) is 56.0. The number of aliphatic carboxylic acids is 1. The number of esters is 1. The second-order valence-electron chi connectivity index (χ2n) is 11.9. The van der Waals surface area contributed by atoms with Gasteiger partial charge in [-0.1, -0.05) is 26.5 Å². The number of H-pyrrole nitrogens is 2. The van der Waals surface area contributed by atoms with E-state index in [1.165, 1.54) is 7.11 Å². The molecule has 44 heavy (non-hydrogen) atoms. The molecule has 1 unspecified atom stereocenters. The van der Waals surface area contributed by atoms with Gasteiger partial charge in [0.25, 0.3) is 0 Å². The molecular formula is C35H36N4O5. The highest BCUT2D eigenvalue weighted by Gasteiger charge is 2.45. The molecule has 0 fully saturated rings. The molecule has 3 aliphatic rings. The van der Waals surface area contributed by atoms with Crippen molar-refractivity contribution in [1.29, 1.82) is 0 Å². The Bertz CT molecular complexity index is 1990. The maximum Gasteiger partial charge on any atom is 0.321 e. The van der Waals surface area contributed by atoms with Crippen LogP contribution in [-0.2, 0) is 14.3 Å². The van der Waals surface area contributed by atoms with Crippen LogP contribution in [0.4, 0.5) is 0 Å². The fourth-order valence-corrected chi connectivity index (χ4v) is 7.09. The third-order valence-corrected chi connectivity index (χ3v) is 9.57. The van der Waals surface area contributed by atoms with Gasteiger partial charge in [-0.2, -0.15) is 0 Å². The van der Waals surface area contributed by atoms with Crippen molar-refractivity contribution in [2.75, 3.05) is 7.11 Å². The number of hydrogen-bond donors (Lipinski definition) is 3. The number of ketones is 1. The zero-order valence-electron chi connectivity index (χ0n) is 25.8. The van der Waals surface area contributed by atoms with Crippen molar-refractivity contribution in [3.8, 4) is 0 Å². The van der Waals surface area contributed by atoms with Crippen molar-refractivity contribution >= 4 is 57.0 Å². The molecule has 3 aromatic rings. The Balaban J connectivity index is 1.82. The van der Waals surface area contributed by atoms with Crippen molar-refractivity contribution in [2.45, 2.75) is 71.6 Å². The minimum atomic E-state index is -1.19. The van der Waals surface area contributed by atoms with E-state index < -0.39 is 17.9 Å². The standard InChI is InChI=1S/C35H36N4O5/c1-8-19-15(3)22-12-24-17(5)21(10-11-28(40)41)32(38-24)30-31(35(43)44-7)34(42)29-18(6)25(39-33(29)30)14-27-20(9-2)16(4)23(37-27)13-26(19)36-22/h8,12-14,17,21,31,36,39H,1,9-11H2,2-7H3,(H,40,41)/t17-,21?,31+/m0/s1. The van der Waals surface area contributed by atoms with Gasteiger partial charge in [0.05, 0.1) is 29.7 Å². The van der Waals surface area contributed by atoms with E-state index in [2.05, 4.69) is 30.4 Å². The molecule has 2 aliphatic heterocycles. The number of rotatable bonds is 6. The van der Waals surface area contributed by atoms with Crippen LogP contribution in [0.25, 0.3) is 39.3 Å². The van der Waals surface area contributed by atoms with Crippen LogP contribution in [0.5, 0.6) is 0 Å². The highest BCUT2D eigenvalue weighted by molar-refractivity contribution is 6.23. The van der Waals surface area contributed by atoms with Gasteiger partial charge in [0, 0.05) is 57.2 Å². The van der Waals surface area contributed by atoms with E-state index in [4.69, 9.17) is 14.7 Å². The second-order valence-corrected chi connectivity index (χ2v) is 11.9. The maximum absolute atomic E-state index is 14.0. The first-order chi connectivity index (χ1) is 21.0. The lowest BCUT2D eigenvalue weighted by atomic mass is 9.84. The molecular weight excluding hydrogens is 556 g/mol. The van der Waals surface area contributed by atoms with Crippen LogP contribution in [0.15, 0.2) is 24.8 Å². The van der Waals surface area contributed by atoms with Crippen LogP contribution in [0.2, 0.25) is 0 Å². The molecule has 0 spiro atoms. The number of nitrogens with zero attached hydrogens (tertiary/aromatic N) is 2. The predicted molar refractivity (Wildman–Crippen MR) is 170 cm³/mol. The lowest BCUT2D eigenvalue weighted by Crippen LogP contribution is -2.21. The number of Topliss-reactive ketones (excluding diaryl/α,β-unsaturated/α-hetero) is 1. The van der Waals surface area contributed by atoms with Gasteiger partial charge in [0.2, 0.25) is 0 Å². The number of allylic oxidation sites excluding steroid dienone is 2. The van der Waals surface area contributed by atoms with Gasteiger partial charge < -0.3 is 19.8 Å². The number of carbonyl (C=O) groups is 3. The minimum absolute atomic E-state index is 0.0772. The first kappa shape index (κ1) is 29.3. The van der Waals surface area contributed by atoms with Gasteiger partial charge in [0.15, 0.2) is 5.78 Å². The van der Waals surface area contributed by atoms with Gasteiger partial charge in [-0.15, -0.1) is 0 Å². The third kappa shape index (κ3) is 4.32. The second kappa shape index (κ2) is 10.7. The van der Waals surface area contributed by atoms with Crippen molar-refractivity contribution in [3.05, 3.63) is 75.4 Å². The van der Waals surface area contributed by atoms with Crippen LogP contribution in [0.3, 0.4) is 0 Å². The molecule has 6 rings (SSSR count). The van der Waals surface area contributed by atoms with Crippen molar-refractivity contribution < 1.29 is 24.2 Å². The summed E-state index contributed by atoms with van der Waals surface area (Å²) >= 11 is 0. The largest absolute Gasteiger partial charge is 0.481 e. The number of hydrogen-bond acceptors (Lipinski definition) is 6. The monoisotopic (exact) mass is 592 g/mol. The van der Waals surface area contributed by atoms with Gasteiger partial charge in [-0.25, -0.2) is 4.98 Å². The molecule has 3 N–H and O–H groups in total. The number of aryl methyl sites for hydroxylation is 2. The topological polar surface area (TPSA) is 138 Å². The fraction of sp³-hybridized carbons (Fsp3) is 0.343. The minimum Gasteiger partial charge on any atom is -0.481 e. The maximum atomic E-state index is 14.0. The number of aromatic amines is 2. The number of carboxylic acid groups (broad SMARTS) is 1. The Morgan fingerprint density at radius 2 is 1.75 bits per heavy atom. The van der Waals surface area contributed by atoms with E-state index in [-0.39, 0.29) is 24.0 Å². The van der Waals surface area contributed by atoms with Crippen molar-refractivity contribution in [2.24, 2.45) is 0 Å². The summed E-state index contributed by atoms with van der Waals surface area (Å²) in [5.41, 5.74) is 11.7. The lowest BCUT2D eigenvalue weighted by molar-refractivity contribution is -0.141. The molecule has 0 radical (unpaired) electrons.